The van der Waals surface area contributed by atoms with Crippen LogP contribution in [0.5, 0.6) is 0 Å². The molecule has 130 valence electrons. The van der Waals surface area contributed by atoms with E-state index in [2.05, 4.69) is 22.0 Å². The second kappa shape index (κ2) is 7.74. The van der Waals surface area contributed by atoms with Gasteiger partial charge in [-0.3, -0.25) is 9.59 Å². The third kappa shape index (κ3) is 4.12. The molecule has 0 saturated carbocycles. The minimum absolute atomic E-state index is 0.0123. The van der Waals surface area contributed by atoms with Gasteiger partial charge in [-0.05, 0) is 31.1 Å². The summed E-state index contributed by atoms with van der Waals surface area (Å²) in [6.45, 7) is 4.96. The van der Waals surface area contributed by atoms with Gasteiger partial charge in [0.2, 0.25) is 11.8 Å². The summed E-state index contributed by atoms with van der Waals surface area (Å²) in [5.41, 5.74) is 0.923. The molecule has 0 bridgehead atoms. The fraction of sp³-hybridized carbons (Fsp3) is 0.333. The Morgan fingerprint density at radius 1 is 1.24 bits per heavy atom. The summed E-state index contributed by atoms with van der Waals surface area (Å²) < 4.78 is 1.68. The first kappa shape index (κ1) is 16.9. The van der Waals surface area contributed by atoms with E-state index in [1.54, 1.807) is 15.9 Å². The number of carbonyl (C=O) groups excluding carboxylic acids is 2. The van der Waals surface area contributed by atoms with Crippen LogP contribution >= 0.6 is 0 Å². The number of piperidine rings is 1. The molecule has 7 nitrogen and oxygen atoms in total. The summed E-state index contributed by atoms with van der Waals surface area (Å²) >= 11 is 0. The molecular formula is C18H21N5O2. The molecule has 25 heavy (non-hydrogen) atoms. The molecular weight excluding hydrogens is 318 g/mol. The molecule has 1 saturated heterocycles. The summed E-state index contributed by atoms with van der Waals surface area (Å²) in [6.07, 6.45) is 4.28. The van der Waals surface area contributed by atoms with E-state index in [1.807, 2.05) is 30.3 Å². The lowest BCUT2D eigenvalue weighted by atomic mass is 9.96. The van der Waals surface area contributed by atoms with Gasteiger partial charge in [0.25, 0.3) is 0 Å². The molecule has 1 aliphatic heterocycles. The molecule has 1 N–H and O–H groups in total. The minimum atomic E-state index is -0.0786. The van der Waals surface area contributed by atoms with Gasteiger partial charge < -0.3 is 10.2 Å². The molecule has 0 radical (unpaired) electrons. The number of benzene rings is 1. The topological polar surface area (TPSA) is 80.1 Å². The van der Waals surface area contributed by atoms with Crippen LogP contribution in [0, 0.1) is 5.92 Å². The molecule has 3 rings (SSSR count). The third-order valence-corrected chi connectivity index (χ3v) is 4.33. The number of nitrogens with one attached hydrogen (secondary N) is 1. The van der Waals surface area contributed by atoms with Crippen LogP contribution in [0.1, 0.15) is 18.7 Å². The van der Waals surface area contributed by atoms with E-state index in [0.29, 0.717) is 38.3 Å². The van der Waals surface area contributed by atoms with Crippen LogP contribution in [-0.4, -0.2) is 44.6 Å². The number of aromatic nitrogens is 3. The van der Waals surface area contributed by atoms with Crippen LogP contribution in [0.25, 0.3) is 5.69 Å². The van der Waals surface area contributed by atoms with Crippen molar-refractivity contribution in [1.82, 2.24) is 25.0 Å². The van der Waals surface area contributed by atoms with Crippen molar-refractivity contribution in [3.8, 4) is 5.69 Å². The van der Waals surface area contributed by atoms with Crippen LogP contribution in [0.4, 0.5) is 0 Å². The molecule has 0 atom stereocenters. The zero-order valence-corrected chi connectivity index (χ0v) is 14.0. The molecule has 1 aliphatic rings. The maximum atomic E-state index is 12.3. The Labute approximate surface area is 146 Å². The van der Waals surface area contributed by atoms with E-state index < -0.39 is 0 Å². The van der Waals surface area contributed by atoms with Crippen molar-refractivity contribution in [2.75, 3.05) is 13.1 Å². The Morgan fingerprint density at radius 3 is 2.64 bits per heavy atom. The number of para-hydroxylation sites is 1. The molecule has 1 aromatic carbocycles. The Morgan fingerprint density at radius 2 is 1.96 bits per heavy atom. The minimum Gasteiger partial charge on any atom is -0.348 e. The van der Waals surface area contributed by atoms with Crippen molar-refractivity contribution in [2.45, 2.75) is 19.4 Å². The first-order valence-corrected chi connectivity index (χ1v) is 8.32. The van der Waals surface area contributed by atoms with E-state index >= 15 is 0 Å². The maximum absolute atomic E-state index is 12.3. The van der Waals surface area contributed by atoms with Crippen molar-refractivity contribution in [2.24, 2.45) is 5.92 Å². The van der Waals surface area contributed by atoms with Crippen molar-refractivity contribution < 1.29 is 9.59 Å². The molecule has 2 heterocycles. The van der Waals surface area contributed by atoms with Crippen LogP contribution in [-0.2, 0) is 16.1 Å². The van der Waals surface area contributed by atoms with Crippen LogP contribution in [0.3, 0.4) is 0 Å². The zero-order valence-electron chi connectivity index (χ0n) is 14.0. The highest BCUT2D eigenvalue weighted by Gasteiger charge is 2.26. The Hall–Kier alpha value is -2.96. The molecule has 1 aromatic heterocycles. The van der Waals surface area contributed by atoms with E-state index in [4.69, 9.17) is 0 Å². The fourth-order valence-electron chi connectivity index (χ4n) is 2.89. The number of hydrogen-bond donors (Lipinski definition) is 1. The summed E-state index contributed by atoms with van der Waals surface area (Å²) in [5.74, 6) is 0.401. The quantitative estimate of drug-likeness (QED) is 0.833. The Balaban J connectivity index is 1.49. The summed E-state index contributed by atoms with van der Waals surface area (Å²) in [4.78, 5) is 29.8. The van der Waals surface area contributed by atoms with Gasteiger partial charge in [0, 0.05) is 19.0 Å². The fourth-order valence-corrected chi connectivity index (χ4v) is 2.89. The molecule has 2 aromatic rings. The van der Waals surface area contributed by atoms with Gasteiger partial charge in [-0.1, -0.05) is 24.8 Å². The Kier molecular flexibility index (Phi) is 5.23. The molecule has 1 fully saturated rings. The lowest BCUT2D eigenvalue weighted by Gasteiger charge is -2.30. The average molecular weight is 339 g/mol. The predicted octanol–water partition coefficient (Wildman–Crippen LogP) is 1.31. The monoisotopic (exact) mass is 339 g/mol. The largest absolute Gasteiger partial charge is 0.348 e. The highest BCUT2D eigenvalue weighted by atomic mass is 16.2. The number of likely N-dealkylation sites (tertiary alicyclic amines) is 1. The van der Waals surface area contributed by atoms with Gasteiger partial charge in [0.15, 0.2) is 5.82 Å². The highest BCUT2D eigenvalue weighted by molar-refractivity contribution is 5.87. The average Bonchev–Trinajstić information content (AvgIpc) is 3.15. The van der Waals surface area contributed by atoms with Crippen molar-refractivity contribution >= 4 is 11.8 Å². The van der Waals surface area contributed by atoms with E-state index in [0.717, 1.165) is 5.69 Å². The van der Waals surface area contributed by atoms with Crippen molar-refractivity contribution in [1.29, 1.82) is 0 Å². The third-order valence-electron chi connectivity index (χ3n) is 4.33. The molecule has 0 aliphatic carbocycles. The lowest BCUT2D eigenvalue weighted by Crippen LogP contribution is -2.42. The highest BCUT2D eigenvalue weighted by Crippen LogP contribution is 2.17. The van der Waals surface area contributed by atoms with Gasteiger partial charge in [0.05, 0.1) is 12.2 Å². The SMILES string of the molecule is C=CC(=O)N1CCC(C(=O)NCc2ncn(-c3ccccc3)n2)CC1. The summed E-state index contributed by atoms with van der Waals surface area (Å²) in [6, 6.07) is 9.68. The van der Waals surface area contributed by atoms with E-state index in [-0.39, 0.29) is 17.7 Å². The number of hydrogen-bond acceptors (Lipinski definition) is 4. The molecule has 0 unspecified atom stereocenters. The lowest BCUT2D eigenvalue weighted by molar-refractivity contribution is -0.132. The van der Waals surface area contributed by atoms with Crippen molar-refractivity contribution in [3.05, 3.63) is 55.1 Å². The first-order chi connectivity index (χ1) is 12.2. The van der Waals surface area contributed by atoms with Gasteiger partial charge in [-0.15, -0.1) is 5.10 Å². The number of carbonyl (C=O) groups is 2. The predicted molar refractivity (Wildman–Crippen MR) is 92.7 cm³/mol. The standard InChI is InChI=1S/C18H21N5O2/c1-2-17(24)22-10-8-14(9-11-22)18(25)19-12-16-20-13-23(21-16)15-6-4-3-5-7-15/h2-7,13-14H,1,8-12H2,(H,19,25). The van der Waals surface area contributed by atoms with Crippen LogP contribution in [0.15, 0.2) is 49.3 Å². The smallest absolute Gasteiger partial charge is 0.245 e. The van der Waals surface area contributed by atoms with Crippen LogP contribution in [0.2, 0.25) is 0 Å². The van der Waals surface area contributed by atoms with Crippen molar-refractivity contribution in [3.63, 3.8) is 0 Å². The number of amides is 2. The van der Waals surface area contributed by atoms with Gasteiger partial charge in [-0.25, -0.2) is 9.67 Å². The van der Waals surface area contributed by atoms with E-state index in [1.165, 1.54) is 6.08 Å². The molecule has 0 spiro atoms. The Bertz CT molecular complexity index is 748. The zero-order chi connectivity index (χ0) is 17.6. The van der Waals surface area contributed by atoms with Gasteiger partial charge in [-0.2, -0.15) is 0 Å². The first-order valence-electron chi connectivity index (χ1n) is 8.32. The summed E-state index contributed by atoms with van der Waals surface area (Å²) in [7, 11) is 0. The van der Waals surface area contributed by atoms with E-state index in [9.17, 15) is 9.59 Å². The molecule has 2 amide bonds. The second-order valence-corrected chi connectivity index (χ2v) is 5.96. The maximum Gasteiger partial charge on any atom is 0.245 e. The van der Waals surface area contributed by atoms with Crippen LogP contribution < -0.4 is 5.32 Å². The van der Waals surface area contributed by atoms with Gasteiger partial charge in [0.1, 0.15) is 6.33 Å². The second-order valence-electron chi connectivity index (χ2n) is 5.96. The number of rotatable bonds is 5. The van der Waals surface area contributed by atoms with Gasteiger partial charge >= 0.3 is 0 Å². The molecule has 7 heteroatoms. The normalized spacial score (nSPS) is 15.0. The number of nitrogens with zero attached hydrogens (tertiary/aromatic N) is 4. The summed E-state index contributed by atoms with van der Waals surface area (Å²) in [5, 5.41) is 7.26.